The van der Waals surface area contributed by atoms with Gasteiger partial charge in [-0.05, 0) is 24.1 Å². The number of nitrogens with zero attached hydrogens (tertiary/aromatic N) is 1. The summed E-state index contributed by atoms with van der Waals surface area (Å²) in [5.74, 6) is 0.187. The van der Waals surface area contributed by atoms with Gasteiger partial charge in [-0.3, -0.25) is 0 Å². The minimum atomic E-state index is 0.187. The van der Waals surface area contributed by atoms with Crippen LogP contribution in [0.4, 0.5) is 5.69 Å². The van der Waals surface area contributed by atoms with Crippen molar-refractivity contribution in [2.45, 2.75) is 12.3 Å². The monoisotopic (exact) mass is 301 g/mol. The number of hydrogen-bond acceptors (Lipinski definition) is 1. The fourth-order valence-corrected chi connectivity index (χ4v) is 2.69. The van der Waals surface area contributed by atoms with Crippen LogP contribution in [0.1, 0.15) is 17.9 Å². The van der Waals surface area contributed by atoms with Crippen molar-refractivity contribution in [1.29, 1.82) is 0 Å². The second-order valence-electron chi connectivity index (χ2n) is 4.53. The van der Waals surface area contributed by atoms with E-state index >= 15 is 0 Å². The van der Waals surface area contributed by atoms with Gasteiger partial charge in [0.05, 0.1) is 10.1 Å². The molecule has 1 unspecified atom stereocenters. The highest BCUT2D eigenvalue weighted by Crippen LogP contribution is 2.40. The molecule has 0 amide bonds. The molecular formula is C14H14Cl3N. The summed E-state index contributed by atoms with van der Waals surface area (Å²) in [7, 11) is 4.04. The Kier molecular flexibility index (Phi) is 4.26. The zero-order chi connectivity index (χ0) is 13.3. The Labute approximate surface area is 123 Å². The molecule has 0 spiro atoms. The van der Waals surface area contributed by atoms with Crippen molar-refractivity contribution in [3.05, 3.63) is 51.0 Å². The van der Waals surface area contributed by atoms with Crippen LogP contribution in [-0.2, 0) is 0 Å². The van der Waals surface area contributed by atoms with Crippen LogP contribution in [-0.4, -0.2) is 14.1 Å². The van der Waals surface area contributed by atoms with Crippen molar-refractivity contribution in [3.63, 3.8) is 0 Å². The first kappa shape index (κ1) is 13.8. The molecule has 1 aliphatic rings. The number of rotatable bonds is 2. The first-order valence-corrected chi connectivity index (χ1v) is 6.81. The third-order valence-corrected chi connectivity index (χ3v) is 4.29. The zero-order valence-electron chi connectivity index (χ0n) is 10.3. The van der Waals surface area contributed by atoms with E-state index < -0.39 is 0 Å². The maximum atomic E-state index is 6.12. The molecule has 2 rings (SSSR count). The molecule has 0 bridgehead atoms. The summed E-state index contributed by atoms with van der Waals surface area (Å²) in [6, 6.07) is 8.35. The molecule has 0 saturated heterocycles. The van der Waals surface area contributed by atoms with Crippen LogP contribution in [0.5, 0.6) is 0 Å². The summed E-state index contributed by atoms with van der Waals surface area (Å²) < 4.78 is 0. The molecule has 4 heteroatoms. The molecule has 0 fully saturated rings. The summed E-state index contributed by atoms with van der Waals surface area (Å²) in [5, 5.41) is 1.64. The van der Waals surface area contributed by atoms with Gasteiger partial charge in [0.15, 0.2) is 0 Å². The van der Waals surface area contributed by atoms with E-state index in [0.717, 1.165) is 5.69 Å². The summed E-state index contributed by atoms with van der Waals surface area (Å²) >= 11 is 18.2. The third kappa shape index (κ3) is 2.85. The van der Waals surface area contributed by atoms with Gasteiger partial charge >= 0.3 is 0 Å². The maximum absolute atomic E-state index is 6.12. The molecule has 96 valence electrons. The van der Waals surface area contributed by atoms with Gasteiger partial charge in [-0.2, -0.15) is 0 Å². The minimum Gasteiger partial charge on any atom is -0.378 e. The molecular weight excluding hydrogens is 289 g/mol. The van der Waals surface area contributed by atoms with Crippen molar-refractivity contribution in [3.8, 4) is 0 Å². The second kappa shape index (κ2) is 5.56. The average molecular weight is 303 g/mol. The lowest BCUT2D eigenvalue weighted by Gasteiger charge is -2.21. The zero-order valence-corrected chi connectivity index (χ0v) is 12.5. The standard InChI is InChI=1S/C14H14Cl3N/c1-18(2)11-5-3-4-9(6-11)10-7-12(15)14(17)13(16)8-10/h3-7,10H,8H2,1-2H3. The van der Waals surface area contributed by atoms with E-state index in [1.165, 1.54) is 5.56 Å². The van der Waals surface area contributed by atoms with Gasteiger partial charge in [0, 0.05) is 30.7 Å². The van der Waals surface area contributed by atoms with E-state index in [1.54, 1.807) is 0 Å². The van der Waals surface area contributed by atoms with Crippen LogP contribution < -0.4 is 4.90 Å². The highest BCUT2D eigenvalue weighted by Gasteiger charge is 2.20. The minimum absolute atomic E-state index is 0.187. The van der Waals surface area contributed by atoms with Crippen LogP contribution in [0.15, 0.2) is 45.4 Å². The van der Waals surface area contributed by atoms with Gasteiger partial charge in [0.2, 0.25) is 0 Å². The van der Waals surface area contributed by atoms with Crippen LogP contribution in [0.3, 0.4) is 0 Å². The van der Waals surface area contributed by atoms with Gasteiger partial charge in [-0.1, -0.05) is 53.0 Å². The van der Waals surface area contributed by atoms with E-state index in [0.29, 0.717) is 21.5 Å². The van der Waals surface area contributed by atoms with Crippen molar-refractivity contribution < 1.29 is 0 Å². The molecule has 1 nitrogen and oxygen atoms in total. The normalized spacial score (nSPS) is 19.8. The van der Waals surface area contributed by atoms with Crippen molar-refractivity contribution in [2.75, 3.05) is 19.0 Å². The molecule has 1 aliphatic carbocycles. The molecule has 0 saturated carbocycles. The lowest BCUT2D eigenvalue weighted by Crippen LogP contribution is -2.09. The van der Waals surface area contributed by atoms with E-state index in [1.807, 2.05) is 26.2 Å². The van der Waals surface area contributed by atoms with E-state index in [4.69, 9.17) is 34.8 Å². The summed E-state index contributed by atoms with van der Waals surface area (Å²) in [6.07, 6.45) is 2.66. The predicted molar refractivity (Wildman–Crippen MR) is 80.8 cm³/mol. The number of benzene rings is 1. The van der Waals surface area contributed by atoms with Gasteiger partial charge in [-0.15, -0.1) is 0 Å². The molecule has 18 heavy (non-hydrogen) atoms. The maximum Gasteiger partial charge on any atom is 0.0734 e. The fourth-order valence-electron chi connectivity index (χ4n) is 1.97. The molecule has 0 radical (unpaired) electrons. The van der Waals surface area contributed by atoms with Gasteiger partial charge in [-0.25, -0.2) is 0 Å². The van der Waals surface area contributed by atoms with Crippen LogP contribution >= 0.6 is 34.8 Å². The highest BCUT2D eigenvalue weighted by atomic mass is 35.5. The van der Waals surface area contributed by atoms with Crippen LogP contribution in [0.2, 0.25) is 0 Å². The average Bonchev–Trinajstić information content (AvgIpc) is 2.35. The SMILES string of the molecule is CN(C)c1cccc(C2C=C(Cl)C(Cl)=C(Cl)C2)c1. The summed E-state index contributed by atoms with van der Waals surface area (Å²) in [4.78, 5) is 2.07. The second-order valence-corrected chi connectivity index (χ2v) is 5.77. The Morgan fingerprint density at radius 2 is 1.89 bits per heavy atom. The van der Waals surface area contributed by atoms with Gasteiger partial charge < -0.3 is 4.90 Å². The van der Waals surface area contributed by atoms with Crippen molar-refractivity contribution in [2.24, 2.45) is 0 Å². The quantitative estimate of drug-likeness (QED) is 0.739. The Balaban J connectivity index is 2.32. The lowest BCUT2D eigenvalue weighted by atomic mass is 9.92. The Morgan fingerprint density at radius 3 is 2.50 bits per heavy atom. The third-order valence-electron chi connectivity index (χ3n) is 3.01. The Bertz CT molecular complexity index is 518. The molecule has 1 aromatic carbocycles. The number of hydrogen-bond donors (Lipinski definition) is 0. The summed E-state index contributed by atoms with van der Waals surface area (Å²) in [5.41, 5.74) is 2.36. The number of allylic oxidation sites excluding steroid dienone is 4. The van der Waals surface area contributed by atoms with E-state index in [9.17, 15) is 0 Å². The largest absolute Gasteiger partial charge is 0.378 e. The van der Waals surface area contributed by atoms with Gasteiger partial charge in [0.1, 0.15) is 0 Å². The number of anilines is 1. The van der Waals surface area contributed by atoms with Crippen LogP contribution in [0.25, 0.3) is 0 Å². The summed E-state index contributed by atoms with van der Waals surface area (Å²) in [6.45, 7) is 0. The van der Waals surface area contributed by atoms with Gasteiger partial charge in [0.25, 0.3) is 0 Å². The molecule has 0 heterocycles. The topological polar surface area (TPSA) is 3.24 Å². The highest BCUT2D eigenvalue weighted by molar-refractivity contribution is 6.48. The van der Waals surface area contributed by atoms with E-state index in [-0.39, 0.29) is 5.92 Å². The van der Waals surface area contributed by atoms with Crippen molar-refractivity contribution in [1.82, 2.24) is 0 Å². The molecule has 0 aliphatic heterocycles. The van der Waals surface area contributed by atoms with Crippen molar-refractivity contribution >= 4 is 40.5 Å². The number of halogens is 3. The molecule has 1 aromatic rings. The smallest absolute Gasteiger partial charge is 0.0734 e. The Morgan fingerprint density at radius 1 is 1.17 bits per heavy atom. The van der Waals surface area contributed by atoms with E-state index in [2.05, 4.69) is 23.1 Å². The Hall–Kier alpha value is -0.630. The fraction of sp³-hybridized carbons (Fsp3) is 0.286. The lowest BCUT2D eigenvalue weighted by molar-refractivity contribution is 0.836. The van der Waals surface area contributed by atoms with Crippen LogP contribution in [0, 0.1) is 0 Å². The molecule has 0 aromatic heterocycles. The molecule has 1 atom stereocenters. The predicted octanol–water partition coefficient (Wildman–Crippen LogP) is 5.05. The first-order chi connectivity index (χ1) is 8.49. The first-order valence-electron chi connectivity index (χ1n) is 5.68. The molecule has 0 N–H and O–H groups in total.